The second-order valence-electron chi connectivity index (χ2n) is 3.76. The lowest BCUT2D eigenvalue weighted by Crippen LogP contribution is -2.45. The van der Waals surface area contributed by atoms with Gasteiger partial charge in [-0.05, 0) is 14.0 Å². The highest BCUT2D eigenvalue weighted by atomic mass is 15.2. The van der Waals surface area contributed by atoms with Crippen molar-refractivity contribution in [2.45, 2.75) is 6.92 Å². The Kier molecular flexibility index (Phi) is 5.62. The van der Waals surface area contributed by atoms with Crippen LogP contribution in [0.15, 0.2) is 0 Å². The van der Waals surface area contributed by atoms with Crippen molar-refractivity contribution in [2.75, 3.05) is 52.9 Å². The number of hydrogen-bond acceptors (Lipinski definition) is 3. The maximum absolute atomic E-state index is 3.36. The molecule has 0 aromatic rings. The summed E-state index contributed by atoms with van der Waals surface area (Å²) in [5.74, 6) is 6.00. The molecule has 0 amide bonds. The molecule has 0 aromatic carbocycles. The van der Waals surface area contributed by atoms with E-state index in [1.807, 2.05) is 6.92 Å². The Labute approximate surface area is 87.5 Å². The van der Waals surface area contributed by atoms with E-state index in [9.17, 15) is 0 Å². The van der Waals surface area contributed by atoms with Crippen LogP contribution in [0.1, 0.15) is 6.92 Å². The Hall–Kier alpha value is -0.560. The van der Waals surface area contributed by atoms with Crippen molar-refractivity contribution in [1.29, 1.82) is 0 Å². The fourth-order valence-electron chi connectivity index (χ4n) is 1.54. The number of nitrogens with one attached hydrogen (secondary N) is 1. The molecule has 0 unspecified atom stereocenters. The van der Waals surface area contributed by atoms with Crippen LogP contribution in [0.4, 0.5) is 0 Å². The lowest BCUT2D eigenvalue weighted by atomic mass is 10.3. The molecule has 0 atom stereocenters. The topological polar surface area (TPSA) is 18.5 Å². The third-order valence-corrected chi connectivity index (χ3v) is 2.53. The third kappa shape index (κ3) is 4.61. The number of likely N-dealkylation sites (N-methyl/N-ethyl adjacent to an activating group) is 1. The first-order valence-electron chi connectivity index (χ1n) is 5.34. The molecule has 0 bridgehead atoms. The molecular weight excluding hydrogens is 174 g/mol. The first-order valence-corrected chi connectivity index (χ1v) is 5.34. The lowest BCUT2D eigenvalue weighted by Gasteiger charge is -2.28. The smallest absolute Gasteiger partial charge is 0.0599 e. The molecule has 80 valence electrons. The van der Waals surface area contributed by atoms with Gasteiger partial charge in [-0.2, -0.15) is 0 Å². The van der Waals surface area contributed by atoms with E-state index in [-0.39, 0.29) is 0 Å². The van der Waals surface area contributed by atoms with Crippen LogP contribution >= 0.6 is 0 Å². The van der Waals surface area contributed by atoms with E-state index in [4.69, 9.17) is 0 Å². The molecule has 1 aliphatic rings. The van der Waals surface area contributed by atoms with Crippen LogP contribution in [0.2, 0.25) is 0 Å². The SMILES string of the molecule is CC#CCN(C)CCN1CCNCC1. The molecule has 0 aromatic heterocycles. The zero-order valence-corrected chi connectivity index (χ0v) is 9.34. The summed E-state index contributed by atoms with van der Waals surface area (Å²) in [6.07, 6.45) is 0. The van der Waals surface area contributed by atoms with E-state index in [2.05, 4.69) is 34.0 Å². The predicted molar refractivity (Wildman–Crippen MR) is 60.3 cm³/mol. The molecule has 0 saturated carbocycles. The Morgan fingerprint density at radius 1 is 1.36 bits per heavy atom. The zero-order valence-electron chi connectivity index (χ0n) is 9.34. The number of rotatable bonds is 4. The van der Waals surface area contributed by atoms with Gasteiger partial charge in [0, 0.05) is 39.3 Å². The van der Waals surface area contributed by atoms with Crippen LogP contribution in [-0.4, -0.2) is 62.7 Å². The average molecular weight is 195 g/mol. The largest absolute Gasteiger partial charge is 0.314 e. The van der Waals surface area contributed by atoms with Gasteiger partial charge in [-0.3, -0.25) is 9.80 Å². The van der Waals surface area contributed by atoms with E-state index in [1.165, 1.54) is 19.6 Å². The first-order chi connectivity index (χ1) is 6.83. The van der Waals surface area contributed by atoms with E-state index < -0.39 is 0 Å². The number of nitrogens with zero attached hydrogens (tertiary/aromatic N) is 2. The van der Waals surface area contributed by atoms with Gasteiger partial charge < -0.3 is 5.32 Å². The van der Waals surface area contributed by atoms with Gasteiger partial charge in [0.15, 0.2) is 0 Å². The second-order valence-corrected chi connectivity index (χ2v) is 3.76. The van der Waals surface area contributed by atoms with Crippen LogP contribution in [0.3, 0.4) is 0 Å². The molecular formula is C11H21N3. The van der Waals surface area contributed by atoms with Gasteiger partial charge in [0.05, 0.1) is 6.54 Å². The van der Waals surface area contributed by atoms with Crippen LogP contribution in [0.5, 0.6) is 0 Å². The first kappa shape index (κ1) is 11.5. The third-order valence-electron chi connectivity index (χ3n) is 2.53. The Balaban J connectivity index is 2.08. The summed E-state index contributed by atoms with van der Waals surface area (Å²) >= 11 is 0. The van der Waals surface area contributed by atoms with Crippen LogP contribution < -0.4 is 5.32 Å². The number of piperazine rings is 1. The lowest BCUT2D eigenvalue weighted by molar-refractivity contribution is 0.212. The summed E-state index contributed by atoms with van der Waals surface area (Å²) in [6, 6.07) is 0. The molecule has 3 nitrogen and oxygen atoms in total. The molecule has 0 aliphatic carbocycles. The van der Waals surface area contributed by atoms with E-state index >= 15 is 0 Å². The van der Waals surface area contributed by atoms with E-state index in [1.54, 1.807) is 0 Å². The van der Waals surface area contributed by atoms with Gasteiger partial charge in [0.2, 0.25) is 0 Å². The molecule has 1 rings (SSSR count). The van der Waals surface area contributed by atoms with Gasteiger partial charge >= 0.3 is 0 Å². The summed E-state index contributed by atoms with van der Waals surface area (Å²) in [6.45, 7) is 9.72. The van der Waals surface area contributed by atoms with Crippen molar-refractivity contribution >= 4 is 0 Å². The molecule has 1 fully saturated rings. The fraction of sp³-hybridized carbons (Fsp3) is 0.818. The second kappa shape index (κ2) is 6.83. The molecule has 0 radical (unpaired) electrons. The minimum Gasteiger partial charge on any atom is -0.314 e. The van der Waals surface area contributed by atoms with Crippen LogP contribution in [0.25, 0.3) is 0 Å². The highest BCUT2D eigenvalue weighted by molar-refractivity contribution is 4.97. The molecule has 0 spiro atoms. The fourth-order valence-corrected chi connectivity index (χ4v) is 1.54. The quantitative estimate of drug-likeness (QED) is 0.629. The van der Waals surface area contributed by atoms with Gasteiger partial charge in [0.1, 0.15) is 0 Å². The minimum absolute atomic E-state index is 0.891. The summed E-state index contributed by atoms with van der Waals surface area (Å²) in [4.78, 5) is 4.78. The van der Waals surface area contributed by atoms with E-state index in [0.29, 0.717) is 0 Å². The Morgan fingerprint density at radius 2 is 2.07 bits per heavy atom. The maximum atomic E-state index is 3.36. The number of hydrogen-bond donors (Lipinski definition) is 1. The zero-order chi connectivity index (χ0) is 10.2. The molecule has 3 heteroatoms. The molecule has 1 aliphatic heterocycles. The molecule has 14 heavy (non-hydrogen) atoms. The van der Waals surface area contributed by atoms with Gasteiger partial charge in [-0.25, -0.2) is 0 Å². The van der Waals surface area contributed by atoms with Crippen LogP contribution in [0, 0.1) is 11.8 Å². The van der Waals surface area contributed by atoms with Crippen molar-refractivity contribution in [3.05, 3.63) is 0 Å². The molecule has 1 saturated heterocycles. The monoisotopic (exact) mass is 195 g/mol. The highest BCUT2D eigenvalue weighted by Gasteiger charge is 2.09. The molecule has 1 N–H and O–H groups in total. The van der Waals surface area contributed by atoms with Crippen molar-refractivity contribution in [3.63, 3.8) is 0 Å². The normalized spacial score (nSPS) is 17.9. The average Bonchev–Trinajstić information content (AvgIpc) is 2.25. The van der Waals surface area contributed by atoms with E-state index in [0.717, 1.165) is 26.2 Å². The van der Waals surface area contributed by atoms with Crippen molar-refractivity contribution < 1.29 is 0 Å². The van der Waals surface area contributed by atoms with Crippen molar-refractivity contribution in [1.82, 2.24) is 15.1 Å². The van der Waals surface area contributed by atoms with Crippen molar-refractivity contribution in [2.24, 2.45) is 0 Å². The maximum Gasteiger partial charge on any atom is 0.0599 e. The molecule has 1 heterocycles. The Bertz CT molecular complexity index is 198. The van der Waals surface area contributed by atoms with Gasteiger partial charge in [-0.1, -0.05) is 5.92 Å². The predicted octanol–water partition coefficient (Wildman–Crippen LogP) is -0.153. The van der Waals surface area contributed by atoms with Gasteiger partial charge in [-0.15, -0.1) is 5.92 Å². The van der Waals surface area contributed by atoms with Crippen molar-refractivity contribution in [3.8, 4) is 11.8 Å². The van der Waals surface area contributed by atoms with Gasteiger partial charge in [0.25, 0.3) is 0 Å². The summed E-state index contributed by atoms with van der Waals surface area (Å²) in [5.41, 5.74) is 0. The Morgan fingerprint density at radius 3 is 2.71 bits per heavy atom. The highest BCUT2D eigenvalue weighted by Crippen LogP contribution is 1.92. The standard InChI is InChI=1S/C11H21N3/c1-3-4-7-13(2)10-11-14-8-5-12-6-9-14/h12H,5-11H2,1-2H3. The van der Waals surface area contributed by atoms with Crippen LogP contribution in [-0.2, 0) is 0 Å². The summed E-state index contributed by atoms with van der Waals surface area (Å²) < 4.78 is 0. The minimum atomic E-state index is 0.891. The summed E-state index contributed by atoms with van der Waals surface area (Å²) in [7, 11) is 2.13. The summed E-state index contributed by atoms with van der Waals surface area (Å²) in [5, 5.41) is 3.36.